The van der Waals surface area contributed by atoms with Crippen LogP contribution in [0, 0.1) is 5.92 Å². The number of halogens is 2. The Morgan fingerprint density at radius 3 is 2.44 bits per heavy atom. The van der Waals surface area contributed by atoms with E-state index in [1.807, 2.05) is 74.1 Å². The van der Waals surface area contributed by atoms with Gasteiger partial charge < -0.3 is 26.4 Å². The van der Waals surface area contributed by atoms with E-state index in [0.717, 1.165) is 35.4 Å². The zero-order valence-corrected chi connectivity index (χ0v) is 26.2. The first-order valence-corrected chi connectivity index (χ1v) is 15.1. The molecule has 0 bridgehead atoms. The smallest absolute Gasteiger partial charge is 0.245 e. The topological polar surface area (TPSA) is 141 Å². The first-order valence-electron chi connectivity index (χ1n) is 14.4. The summed E-state index contributed by atoms with van der Waals surface area (Å²) in [6, 6.07) is 14.8. The van der Waals surface area contributed by atoms with Crippen LogP contribution in [0.3, 0.4) is 0 Å². The zero-order chi connectivity index (χ0) is 31.1. The summed E-state index contributed by atoms with van der Waals surface area (Å²) >= 11 is 13.3. The molecule has 5 N–H and O–H groups in total. The van der Waals surface area contributed by atoms with E-state index >= 15 is 0 Å². The maximum Gasteiger partial charge on any atom is 0.245 e. The third-order valence-corrected chi connectivity index (χ3v) is 8.32. The molecule has 0 spiro atoms. The summed E-state index contributed by atoms with van der Waals surface area (Å²) in [7, 11) is 1.91. The van der Waals surface area contributed by atoms with Crippen LogP contribution in [0.25, 0.3) is 11.3 Å². The number of nitrogens with two attached hydrogens (primary N) is 2. The highest BCUT2D eigenvalue weighted by molar-refractivity contribution is 6.44. The van der Waals surface area contributed by atoms with Crippen molar-refractivity contribution < 1.29 is 14.3 Å². The maximum absolute atomic E-state index is 12.9. The summed E-state index contributed by atoms with van der Waals surface area (Å²) in [5, 5.41) is 8.14. The van der Waals surface area contributed by atoms with Crippen LogP contribution in [0.15, 0.2) is 53.5 Å². The highest BCUT2D eigenvalue weighted by Gasteiger charge is 2.28. The van der Waals surface area contributed by atoms with Gasteiger partial charge in [-0.25, -0.2) is 4.99 Å². The number of nitrogens with one attached hydrogen (secondary N) is 1. The summed E-state index contributed by atoms with van der Waals surface area (Å²) in [5.41, 5.74) is 14.5. The van der Waals surface area contributed by atoms with Gasteiger partial charge in [0.25, 0.3) is 0 Å². The Morgan fingerprint density at radius 1 is 1.09 bits per heavy atom. The van der Waals surface area contributed by atoms with E-state index in [9.17, 15) is 9.59 Å². The van der Waals surface area contributed by atoms with Gasteiger partial charge in [-0.3, -0.25) is 14.3 Å². The van der Waals surface area contributed by atoms with Crippen molar-refractivity contribution in [3.8, 4) is 17.0 Å². The van der Waals surface area contributed by atoms with E-state index in [1.165, 1.54) is 0 Å². The van der Waals surface area contributed by atoms with Crippen LogP contribution in [-0.2, 0) is 23.2 Å². The van der Waals surface area contributed by atoms with Crippen molar-refractivity contribution >= 4 is 41.0 Å². The molecule has 0 aliphatic carbocycles. The minimum Gasteiger partial charge on any atom is -0.487 e. The van der Waals surface area contributed by atoms with Gasteiger partial charge >= 0.3 is 0 Å². The van der Waals surface area contributed by atoms with Crippen LogP contribution in [-0.4, -0.2) is 58.1 Å². The normalized spacial score (nSPS) is 14.4. The molecule has 0 radical (unpaired) electrons. The number of carbonyl (C=O) groups is 2. The molecule has 1 aliphatic rings. The monoisotopic (exact) mass is 627 g/mol. The zero-order valence-electron chi connectivity index (χ0n) is 24.7. The first-order chi connectivity index (χ1) is 20.5. The van der Waals surface area contributed by atoms with Crippen molar-refractivity contribution in [1.29, 1.82) is 0 Å². The fraction of sp³-hybridized carbons (Fsp3) is 0.419. The molecule has 1 saturated heterocycles. The fourth-order valence-electron chi connectivity index (χ4n) is 5.23. The van der Waals surface area contributed by atoms with Crippen LogP contribution in [0.5, 0.6) is 5.75 Å². The molecule has 0 saturated carbocycles. The van der Waals surface area contributed by atoms with Gasteiger partial charge in [0.2, 0.25) is 11.8 Å². The van der Waals surface area contributed by atoms with E-state index in [4.69, 9.17) is 44.5 Å². The standard InChI is InChI=1S/C31H39Cl2N7O3/c1-19(2)15-24(37-31(34)35)30(42)36-17-27(41)40-13-11-21(12-14-40)25-16-23(38-39(25)3)22-9-10-26(29(33)28(22)32)43-18-20-7-5-4-6-8-20/h4-10,16,19,21,24H,11-15,17-18H2,1-3H3,(H,36,42)(H4,34,35,37)/t24-/m1/s1. The van der Waals surface area contributed by atoms with Gasteiger partial charge in [-0.15, -0.1) is 0 Å². The summed E-state index contributed by atoms with van der Waals surface area (Å²) < 4.78 is 7.77. The van der Waals surface area contributed by atoms with Gasteiger partial charge in [0.15, 0.2) is 5.96 Å². The molecular weight excluding hydrogens is 589 g/mol. The third-order valence-electron chi connectivity index (χ3n) is 7.46. The van der Waals surface area contributed by atoms with E-state index in [1.54, 1.807) is 4.90 Å². The Labute approximate surface area is 262 Å². The molecule has 4 rings (SSSR count). The molecule has 0 unspecified atom stereocenters. The second kappa shape index (κ2) is 14.6. The molecule has 2 heterocycles. The molecule has 10 nitrogen and oxygen atoms in total. The minimum absolute atomic E-state index is 0.0989. The number of hydrogen-bond donors (Lipinski definition) is 3. The second-order valence-electron chi connectivity index (χ2n) is 11.2. The Hall–Kier alpha value is -3.76. The molecule has 2 amide bonds. The number of guanidine groups is 1. The van der Waals surface area contributed by atoms with Gasteiger partial charge in [-0.2, -0.15) is 5.10 Å². The van der Waals surface area contributed by atoms with Crippen molar-refractivity contribution in [3.05, 3.63) is 69.8 Å². The van der Waals surface area contributed by atoms with Crippen molar-refractivity contribution in [2.24, 2.45) is 29.4 Å². The van der Waals surface area contributed by atoms with Crippen molar-refractivity contribution in [1.82, 2.24) is 20.0 Å². The van der Waals surface area contributed by atoms with Crippen molar-refractivity contribution in [2.45, 2.75) is 51.7 Å². The number of aromatic nitrogens is 2. The number of ether oxygens (including phenoxy) is 1. The lowest BCUT2D eigenvalue weighted by molar-refractivity contribution is -0.134. The van der Waals surface area contributed by atoms with Crippen LogP contribution >= 0.6 is 23.2 Å². The lowest BCUT2D eigenvalue weighted by Gasteiger charge is -2.32. The molecule has 1 aliphatic heterocycles. The number of nitrogens with zero attached hydrogens (tertiary/aromatic N) is 4. The second-order valence-corrected chi connectivity index (χ2v) is 11.9. The quantitative estimate of drug-likeness (QED) is 0.211. The third kappa shape index (κ3) is 8.42. The number of piperidine rings is 1. The molecular formula is C31H39Cl2N7O3. The predicted octanol–water partition coefficient (Wildman–Crippen LogP) is 4.48. The number of amides is 2. The SMILES string of the molecule is CC(C)C[C@@H](N=C(N)N)C(=O)NCC(=O)N1CCC(c2cc(-c3ccc(OCc4ccccc4)c(Cl)c3Cl)nn2C)CC1. The highest BCUT2D eigenvalue weighted by Crippen LogP contribution is 2.40. The minimum atomic E-state index is -0.719. The number of carbonyl (C=O) groups excluding carboxylic acids is 2. The van der Waals surface area contributed by atoms with E-state index in [-0.39, 0.29) is 36.2 Å². The Morgan fingerprint density at radius 2 is 1.79 bits per heavy atom. The summed E-state index contributed by atoms with van der Waals surface area (Å²) in [4.78, 5) is 31.3. The molecule has 43 heavy (non-hydrogen) atoms. The predicted molar refractivity (Wildman–Crippen MR) is 170 cm³/mol. The van der Waals surface area contributed by atoms with Crippen LogP contribution in [0.4, 0.5) is 0 Å². The maximum atomic E-state index is 12.9. The lowest BCUT2D eigenvalue weighted by Crippen LogP contribution is -2.46. The van der Waals surface area contributed by atoms with Gasteiger partial charge in [0.1, 0.15) is 23.4 Å². The average Bonchev–Trinajstić information content (AvgIpc) is 3.37. The number of aryl methyl sites for hydroxylation is 1. The average molecular weight is 629 g/mol. The molecule has 230 valence electrons. The molecule has 1 atom stereocenters. The van der Waals surface area contributed by atoms with Crippen LogP contribution in [0.2, 0.25) is 10.0 Å². The van der Waals surface area contributed by atoms with Crippen molar-refractivity contribution in [3.63, 3.8) is 0 Å². The summed E-state index contributed by atoms with van der Waals surface area (Å²) in [6.07, 6.45) is 2.02. The molecule has 2 aromatic carbocycles. The molecule has 1 aromatic heterocycles. The Bertz CT molecular complexity index is 1450. The molecule has 1 fully saturated rings. The number of aliphatic imine (C=N–C) groups is 1. The van der Waals surface area contributed by atoms with E-state index < -0.39 is 6.04 Å². The lowest BCUT2D eigenvalue weighted by atomic mass is 9.92. The Balaban J connectivity index is 1.34. The van der Waals surface area contributed by atoms with Gasteiger partial charge in [-0.05, 0) is 48.9 Å². The van der Waals surface area contributed by atoms with Crippen LogP contribution < -0.4 is 21.5 Å². The molecule has 12 heteroatoms. The number of benzene rings is 2. The van der Waals surface area contributed by atoms with Gasteiger partial charge in [0, 0.05) is 37.3 Å². The van der Waals surface area contributed by atoms with Crippen molar-refractivity contribution in [2.75, 3.05) is 19.6 Å². The van der Waals surface area contributed by atoms with E-state index in [0.29, 0.717) is 41.9 Å². The summed E-state index contributed by atoms with van der Waals surface area (Å²) in [5.74, 6) is 0.291. The van der Waals surface area contributed by atoms with Crippen LogP contribution in [0.1, 0.15) is 50.3 Å². The van der Waals surface area contributed by atoms with Gasteiger partial charge in [0.05, 0.1) is 17.3 Å². The largest absolute Gasteiger partial charge is 0.487 e. The van der Waals surface area contributed by atoms with Gasteiger partial charge in [-0.1, -0.05) is 67.4 Å². The molecule has 3 aromatic rings. The Kier molecular flexibility index (Phi) is 10.9. The highest BCUT2D eigenvalue weighted by atomic mass is 35.5. The first kappa shape index (κ1) is 32.2. The number of rotatable bonds is 11. The summed E-state index contributed by atoms with van der Waals surface area (Å²) in [6.45, 7) is 5.39. The number of hydrogen-bond acceptors (Lipinski definition) is 5. The number of likely N-dealkylation sites (tertiary alicyclic amines) is 1. The van der Waals surface area contributed by atoms with E-state index in [2.05, 4.69) is 10.3 Å². The fourth-order valence-corrected chi connectivity index (χ4v) is 5.71.